The minimum Gasteiger partial charge on any atom is -0.480 e. The smallest absolute Gasteiger partial charge is 0.323 e. The van der Waals surface area contributed by atoms with Gasteiger partial charge in [-0.05, 0) is 64.1 Å². The number of aliphatic carboxylic acids is 1. The Balaban J connectivity index is 2.46. The van der Waals surface area contributed by atoms with Gasteiger partial charge in [-0.2, -0.15) is 0 Å². The maximum Gasteiger partial charge on any atom is 0.323 e. The van der Waals surface area contributed by atoms with Gasteiger partial charge in [-0.3, -0.25) is 4.79 Å². The van der Waals surface area contributed by atoms with E-state index in [0.29, 0.717) is 13.0 Å². The number of rotatable bonds is 7. The number of hydrogen-bond donors (Lipinski definition) is 2. The van der Waals surface area contributed by atoms with Crippen LogP contribution in [0.5, 0.6) is 0 Å². The van der Waals surface area contributed by atoms with Crippen molar-refractivity contribution in [2.45, 2.75) is 58.9 Å². The number of carboxylic acids is 1. The van der Waals surface area contributed by atoms with E-state index in [4.69, 9.17) is 0 Å². The van der Waals surface area contributed by atoms with Crippen molar-refractivity contribution >= 4 is 5.97 Å². The summed E-state index contributed by atoms with van der Waals surface area (Å²) in [6, 6.07) is 0. The van der Waals surface area contributed by atoms with Crippen molar-refractivity contribution in [2.75, 3.05) is 26.2 Å². The molecule has 1 aliphatic rings. The van der Waals surface area contributed by atoms with Gasteiger partial charge in [-0.25, -0.2) is 0 Å². The van der Waals surface area contributed by atoms with E-state index >= 15 is 0 Å². The van der Waals surface area contributed by atoms with Crippen LogP contribution in [0.15, 0.2) is 0 Å². The molecular formula is C16H32N2O2. The van der Waals surface area contributed by atoms with Gasteiger partial charge in [-0.15, -0.1) is 0 Å². The molecular weight excluding hydrogens is 252 g/mol. The zero-order valence-corrected chi connectivity index (χ0v) is 13.6. The van der Waals surface area contributed by atoms with Crippen LogP contribution in [0.25, 0.3) is 0 Å². The van der Waals surface area contributed by atoms with Crippen molar-refractivity contribution in [1.29, 1.82) is 0 Å². The van der Waals surface area contributed by atoms with Crippen LogP contribution in [0.4, 0.5) is 0 Å². The maximum absolute atomic E-state index is 11.4. The minimum absolute atomic E-state index is 0.669. The fraction of sp³-hybridized carbons (Fsp3) is 0.938. The lowest BCUT2D eigenvalue weighted by Crippen LogP contribution is -2.51. The van der Waals surface area contributed by atoms with Crippen LogP contribution in [0.2, 0.25) is 0 Å². The third-order valence-electron chi connectivity index (χ3n) is 4.78. The molecule has 1 saturated heterocycles. The molecule has 1 heterocycles. The molecule has 1 rings (SSSR count). The second kappa shape index (κ2) is 7.99. The van der Waals surface area contributed by atoms with E-state index < -0.39 is 11.5 Å². The summed E-state index contributed by atoms with van der Waals surface area (Å²) in [5.74, 6) is 0.856. The Hall–Kier alpha value is -0.610. The largest absolute Gasteiger partial charge is 0.480 e. The quantitative estimate of drug-likeness (QED) is 0.754. The second-order valence-corrected chi connectivity index (χ2v) is 6.69. The highest BCUT2D eigenvalue weighted by atomic mass is 16.4. The number of likely N-dealkylation sites (N-methyl/N-ethyl adjacent to an activating group) is 1. The van der Waals surface area contributed by atoms with Crippen molar-refractivity contribution in [1.82, 2.24) is 10.2 Å². The summed E-state index contributed by atoms with van der Waals surface area (Å²) < 4.78 is 0. The summed E-state index contributed by atoms with van der Waals surface area (Å²) in [4.78, 5) is 13.9. The average molecular weight is 284 g/mol. The molecule has 0 aromatic carbocycles. The molecule has 0 bridgehead atoms. The van der Waals surface area contributed by atoms with Crippen molar-refractivity contribution in [3.63, 3.8) is 0 Å². The van der Waals surface area contributed by atoms with Crippen LogP contribution < -0.4 is 5.32 Å². The summed E-state index contributed by atoms with van der Waals surface area (Å²) in [5, 5.41) is 12.5. The Morgan fingerprint density at radius 2 is 2.10 bits per heavy atom. The number of nitrogens with zero attached hydrogens (tertiary/aromatic N) is 1. The molecule has 0 saturated carbocycles. The van der Waals surface area contributed by atoms with Gasteiger partial charge in [-0.1, -0.05) is 20.8 Å². The lowest BCUT2D eigenvalue weighted by molar-refractivity contribution is -0.144. The Labute approximate surface area is 123 Å². The van der Waals surface area contributed by atoms with Gasteiger partial charge in [0.25, 0.3) is 0 Å². The zero-order valence-electron chi connectivity index (χ0n) is 13.6. The first kappa shape index (κ1) is 17.4. The average Bonchev–Trinajstić information content (AvgIpc) is 2.62. The summed E-state index contributed by atoms with van der Waals surface area (Å²) in [6.07, 6.45) is 4.48. The maximum atomic E-state index is 11.4. The van der Waals surface area contributed by atoms with Gasteiger partial charge < -0.3 is 15.3 Å². The van der Waals surface area contributed by atoms with Crippen molar-refractivity contribution in [3.8, 4) is 0 Å². The highest BCUT2D eigenvalue weighted by Crippen LogP contribution is 2.25. The molecule has 2 N–H and O–H groups in total. The Bertz CT molecular complexity index is 307. The van der Waals surface area contributed by atoms with Crippen molar-refractivity contribution in [3.05, 3.63) is 0 Å². The number of carbonyl (C=O) groups is 1. The molecule has 0 amide bonds. The van der Waals surface area contributed by atoms with Gasteiger partial charge in [0.1, 0.15) is 5.54 Å². The summed E-state index contributed by atoms with van der Waals surface area (Å²) in [6.45, 7) is 12.2. The first-order valence-corrected chi connectivity index (χ1v) is 8.10. The summed E-state index contributed by atoms with van der Waals surface area (Å²) >= 11 is 0. The molecule has 4 nitrogen and oxygen atoms in total. The van der Waals surface area contributed by atoms with E-state index in [1.165, 1.54) is 19.3 Å². The highest BCUT2D eigenvalue weighted by Gasteiger charge is 2.32. The third-order valence-corrected chi connectivity index (χ3v) is 4.78. The monoisotopic (exact) mass is 284 g/mol. The molecule has 2 unspecified atom stereocenters. The zero-order chi connectivity index (χ0) is 15.2. The molecule has 118 valence electrons. The Kier molecular flexibility index (Phi) is 6.96. The van der Waals surface area contributed by atoms with E-state index in [1.807, 2.05) is 6.92 Å². The van der Waals surface area contributed by atoms with Gasteiger partial charge >= 0.3 is 5.97 Å². The predicted molar refractivity (Wildman–Crippen MR) is 83.0 cm³/mol. The molecule has 0 aromatic heterocycles. The first-order valence-electron chi connectivity index (χ1n) is 8.10. The molecule has 1 aliphatic heterocycles. The number of nitrogens with one attached hydrogen (secondary N) is 1. The fourth-order valence-electron chi connectivity index (χ4n) is 3.11. The molecule has 1 fully saturated rings. The standard InChI is InChI=1S/C16H32N2O2/c1-5-17-16(4,15(19)20)9-12-18-10-6-7-14(8-11-18)13(2)3/h13-14,17H,5-12H2,1-4H3,(H,19,20). The van der Waals surface area contributed by atoms with E-state index in [2.05, 4.69) is 24.1 Å². The molecule has 0 aromatic rings. The predicted octanol–water partition coefficient (Wildman–Crippen LogP) is 2.59. The Morgan fingerprint density at radius 1 is 1.40 bits per heavy atom. The van der Waals surface area contributed by atoms with Gasteiger partial charge in [0.15, 0.2) is 0 Å². The van der Waals surface area contributed by atoms with E-state index in [-0.39, 0.29) is 0 Å². The highest BCUT2D eigenvalue weighted by molar-refractivity contribution is 5.78. The van der Waals surface area contributed by atoms with Gasteiger partial charge in [0.2, 0.25) is 0 Å². The molecule has 0 radical (unpaired) electrons. The van der Waals surface area contributed by atoms with E-state index in [9.17, 15) is 9.90 Å². The number of likely N-dealkylation sites (tertiary alicyclic amines) is 1. The van der Waals surface area contributed by atoms with Crippen molar-refractivity contribution in [2.24, 2.45) is 11.8 Å². The normalized spacial score (nSPS) is 24.4. The van der Waals surface area contributed by atoms with Crippen LogP contribution in [0.3, 0.4) is 0 Å². The lowest BCUT2D eigenvalue weighted by atomic mass is 9.89. The van der Waals surface area contributed by atoms with Crippen LogP contribution in [-0.2, 0) is 4.79 Å². The number of hydrogen-bond acceptors (Lipinski definition) is 3. The molecule has 4 heteroatoms. The fourth-order valence-corrected chi connectivity index (χ4v) is 3.11. The van der Waals surface area contributed by atoms with Crippen LogP contribution in [-0.4, -0.2) is 47.7 Å². The number of carboxylic acid groups (broad SMARTS) is 1. The van der Waals surface area contributed by atoms with Gasteiger partial charge in [0.05, 0.1) is 0 Å². The SMILES string of the molecule is CCNC(C)(CCN1CCCC(C(C)C)CC1)C(=O)O. The molecule has 20 heavy (non-hydrogen) atoms. The summed E-state index contributed by atoms with van der Waals surface area (Å²) in [5.41, 5.74) is -0.793. The second-order valence-electron chi connectivity index (χ2n) is 6.69. The van der Waals surface area contributed by atoms with E-state index in [1.54, 1.807) is 6.92 Å². The van der Waals surface area contributed by atoms with Crippen LogP contribution in [0.1, 0.15) is 53.4 Å². The molecule has 2 atom stereocenters. The molecule has 0 aliphatic carbocycles. The summed E-state index contributed by atoms with van der Waals surface area (Å²) in [7, 11) is 0. The molecule has 0 spiro atoms. The van der Waals surface area contributed by atoms with E-state index in [0.717, 1.165) is 31.5 Å². The van der Waals surface area contributed by atoms with Crippen LogP contribution in [0, 0.1) is 11.8 Å². The van der Waals surface area contributed by atoms with Crippen LogP contribution >= 0.6 is 0 Å². The third kappa shape index (κ3) is 5.06. The Morgan fingerprint density at radius 3 is 2.65 bits per heavy atom. The van der Waals surface area contributed by atoms with Crippen molar-refractivity contribution < 1.29 is 9.90 Å². The minimum atomic E-state index is -0.793. The topological polar surface area (TPSA) is 52.6 Å². The first-order chi connectivity index (χ1) is 9.39. The lowest BCUT2D eigenvalue weighted by Gasteiger charge is -2.29. The van der Waals surface area contributed by atoms with Gasteiger partial charge in [0, 0.05) is 6.54 Å².